The number of ether oxygens (including phenoxy) is 1. The number of carboxylic acids is 1. The highest BCUT2D eigenvalue weighted by molar-refractivity contribution is 5.80. The molecule has 1 aliphatic carbocycles. The molecule has 2 atom stereocenters. The highest BCUT2D eigenvalue weighted by Gasteiger charge is 2.29. The minimum absolute atomic E-state index is 0.00183. The molecular weight excluding hydrogens is 412 g/mol. The number of carbonyl (C=O) groups excluding carboxylic acids is 2. The van der Waals surface area contributed by atoms with Crippen LogP contribution in [0.2, 0.25) is 0 Å². The second-order valence-corrected chi connectivity index (χ2v) is 7.89. The van der Waals surface area contributed by atoms with Gasteiger partial charge in [0.25, 0.3) is 0 Å². The molecule has 2 aromatic rings. The van der Waals surface area contributed by atoms with E-state index in [1.807, 2.05) is 24.3 Å². The lowest BCUT2D eigenvalue weighted by Gasteiger charge is -2.15. The zero-order valence-electron chi connectivity index (χ0n) is 17.9. The van der Waals surface area contributed by atoms with Crippen molar-refractivity contribution in [3.63, 3.8) is 0 Å². The number of hydrogen-bond donors (Lipinski definition) is 4. The van der Waals surface area contributed by atoms with Gasteiger partial charge in [0.15, 0.2) is 6.10 Å². The lowest BCUT2D eigenvalue weighted by molar-refractivity contribution is -0.146. The van der Waals surface area contributed by atoms with Crippen LogP contribution in [0.5, 0.6) is 0 Å². The number of alkyl carbamates (subject to hydrolysis) is 1. The van der Waals surface area contributed by atoms with Gasteiger partial charge in [0.2, 0.25) is 5.91 Å². The van der Waals surface area contributed by atoms with E-state index in [1.165, 1.54) is 11.1 Å². The monoisotopic (exact) mass is 440 g/mol. The van der Waals surface area contributed by atoms with E-state index >= 15 is 0 Å². The normalized spacial score (nSPS) is 14.1. The SMILES string of the molecule is CC(CCCNC(=O)OCC1c2ccccc2-c2ccccc21)C(=O)NCC(O)C(=O)O. The van der Waals surface area contributed by atoms with Gasteiger partial charge < -0.3 is 25.6 Å². The molecule has 0 heterocycles. The third kappa shape index (κ3) is 5.64. The summed E-state index contributed by atoms with van der Waals surface area (Å²) < 4.78 is 5.47. The first-order valence-electron chi connectivity index (χ1n) is 10.7. The van der Waals surface area contributed by atoms with E-state index in [4.69, 9.17) is 9.84 Å². The summed E-state index contributed by atoms with van der Waals surface area (Å²) in [4.78, 5) is 34.6. The molecule has 0 saturated heterocycles. The van der Waals surface area contributed by atoms with Crippen molar-refractivity contribution in [2.45, 2.75) is 31.8 Å². The van der Waals surface area contributed by atoms with Crippen molar-refractivity contribution < 1.29 is 29.3 Å². The van der Waals surface area contributed by atoms with Crippen LogP contribution in [-0.4, -0.2) is 54.0 Å². The molecule has 0 bridgehead atoms. The number of aliphatic carboxylic acids is 1. The van der Waals surface area contributed by atoms with Gasteiger partial charge in [-0.25, -0.2) is 9.59 Å². The fraction of sp³-hybridized carbons (Fsp3) is 0.375. The summed E-state index contributed by atoms with van der Waals surface area (Å²) >= 11 is 0. The standard InChI is InChI=1S/C24H28N2O6/c1-15(22(28)26-13-21(27)23(29)30)7-6-12-25-24(31)32-14-20-18-10-4-2-8-16(18)17-9-3-5-11-19(17)20/h2-5,8-11,15,20-21,27H,6-7,12-14H2,1H3,(H,25,31)(H,26,28)(H,29,30). The number of fused-ring (bicyclic) bond motifs is 3. The zero-order valence-corrected chi connectivity index (χ0v) is 17.9. The van der Waals surface area contributed by atoms with Crippen molar-refractivity contribution in [3.8, 4) is 11.1 Å². The first kappa shape index (κ1) is 23.3. The number of hydrogen-bond acceptors (Lipinski definition) is 5. The van der Waals surface area contributed by atoms with Crippen LogP contribution in [0.4, 0.5) is 4.79 Å². The number of aliphatic hydroxyl groups excluding tert-OH is 1. The van der Waals surface area contributed by atoms with E-state index in [2.05, 4.69) is 34.9 Å². The Labute approximate surface area is 186 Å². The van der Waals surface area contributed by atoms with Gasteiger partial charge >= 0.3 is 12.1 Å². The number of amides is 2. The summed E-state index contributed by atoms with van der Waals surface area (Å²) in [5, 5.41) is 22.9. The van der Waals surface area contributed by atoms with Crippen LogP contribution in [0.1, 0.15) is 36.8 Å². The average Bonchev–Trinajstić information content (AvgIpc) is 3.12. The van der Waals surface area contributed by atoms with Crippen LogP contribution >= 0.6 is 0 Å². The van der Waals surface area contributed by atoms with Crippen molar-refractivity contribution in [1.29, 1.82) is 0 Å². The maximum absolute atomic E-state index is 12.1. The molecule has 0 saturated carbocycles. The van der Waals surface area contributed by atoms with Crippen molar-refractivity contribution in [1.82, 2.24) is 10.6 Å². The fourth-order valence-corrected chi connectivity index (χ4v) is 3.84. The predicted octanol–water partition coefficient (Wildman–Crippen LogP) is 2.50. The predicted molar refractivity (Wildman–Crippen MR) is 118 cm³/mol. The summed E-state index contributed by atoms with van der Waals surface area (Å²) in [5.74, 6) is -2.10. The van der Waals surface area contributed by atoms with Gasteiger partial charge in [0.1, 0.15) is 6.61 Å². The minimum atomic E-state index is -1.62. The molecule has 4 N–H and O–H groups in total. The highest BCUT2D eigenvalue weighted by atomic mass is 16.5. The third-order valence-electron chi connectivity index (χ3n) is 5.63. The molecule has 170 valence electrons. The van der Waals surface area contributed by atoms with E-state index < -0.39 is 18.2 Å². The molecular formula is C24H28N2O6. The van der Waals surface area contributed by atoms with Crippen LogP contribution in [0.3, 0.4) is 0 Å². The Morgan fingerprint density at radius 2 is 1.59 bits per heavy atom. The maximum Gasteiger partial charge on any atom is 0.407 e. The zero-order chi connectivity index (χ0) is 23.1. The largest absolute Gasteiger partial charge is 0.479 e. The Morgan fingerprint density at radius 3 is 2.19 bits per heavy atom. The number of carboxylic acid groups (broad SMARTS) is 1. The van der Waals surface area contributed by atoms with Gasteiger partial charge in [0, 0.05) is 18.4 Å². The van der Waals surface area contributed by atoms with Crippen LogP contribution in [0.25, 0.3) is 11.1 Å². The molecule has 2 amide bonds. The molecule has 2 unspecified atom stereocenters. The molecule has 1 aliphatic rings. The third-order valence-corrected chi connectivity index (χ3v) is 5.63. The lowest BCUT2D eigenvalue weighted by Crippen LogP contribution is -2.39. The number of rotatable bonds is 10. The molecule has 8 nitrogen and oxygen atoms in total. The van der Waals surface area contributed by atoms with Crippen molar-refractivity contribution in [3.05, 3.63) is 59.7 Å². The summed E-state index contributed by atoms with van der Waals surface area (Å²) in [6, 6.07) is 16.2. The van der Waals surface area contributed by atoms with E-state index in [0.29, 0.717) is 19.4 Å². The first-order chi connectivity index (χ1) is 15.4. The Hall–Kier alpha value is -3.39. The Kier molecular flexibility index (Phi) is 7.83. The van der Waals surface area contributed by atoms with E-state index in [-0.39, 0.29) is 30.9 Å². The van der Waals surface area contributed by atoms with Crippen molar-refractivity contribution in [2.75, 3.05) is 19.7 Å². The highest BCUT2D eigenvalue weighted by Crippen LogP contribution is 2.44. The summed E-state index contributed by atoms with van der Waals surface area (Å²) in [6.07, 6.45) is -1.08. The lowest BCUT2D eigenvalue weighted by atomic mass is 9.98. The smallest absolute Gasteiger partial charge is 0.407 e. The number of nitrogens with one attached hydrogen (secondary N) is 2. The average molecular weight is 440 g/mol. The quantitative estimate of drug-likeness (QED) is 0.421. The van der Waals surface area contributed by atoms with Gasteiger partial charge in [-0.2, -0.15) is 0 Å². The van der Waals surface area contributed by atoms with Crippen LogP contribution < -0.4 is 10.6 Å². The summed E-state index contributed by atoms with van der Waals surface area (Å²) in [6.45, 7) is 1.96. The van der Waals surface area contributed by atoms with Gasteiger partial charge in [0.05, 0.1) is 6.54 Å². The topological polar surface area (TPSA) is 125 Å². The van der Waals surface area contributed by atoms with Crippen LogP contribution in [-0.2, 0) is 14.3 Å². The van der Waals surface area contributed by atoms with Gasteiger partial charge in [-0.1, -0.05) is 55.5 Å². The number of benzene rings is 2. The van der Waals surface area contributed by atoms with Gasteiger partial charge in [-0.15, -0.1) is 0 Å². The van der Waals surface area contributed by atoms with Gasteiger partial charge in [-0.3, -0.25) is 4.79 Å². The van der Waals surface area contributed by atoms with Crippen molar-refractivity contribution in [2.24, 2.45) is 5.92 Å². The summed E-state index contributed by atoms with van der Waals surface area (Å²) in [7, 11) is 0. The molecule has 0 radical (unpaired) electrons. The maximum atomic E-state index is 12.1. The van der Waals surface area contributed by atoms with E-state index in [0.717, 1.165) is 11.1 Å². The van der Waals surface area contributed by atoms with E-state index in [9.17, 15) is 19.5 Å². The molecule has 0 fully saturated rings. The molecule has 0 spiro atoms. The molecule has 0 aliphatic heterocycles. The van der Waals surface area contributed by atoms with Crippen molar-refractivity contribution >= 4 is 18.0 Å². The van der Waals surface area contributed by atoms with E-state index in [1.54, 1.807) is 6.92 Å². The second kappa shape index (κ2) is 10.8. The number of aliphatic hydroxyl groups is 1. The molecule has 3 rings (SSSR count). The Morgan fingerprint density at radius 1 is 1.00 bits per heavy atom. The first-order valence-corrected chi connectivity index (χ1v) is 10.7. The van der Waals surface area contributed by atoms with Gasteiger partial charge in [-0.05, 0) is 35.1 Å². The molecule has 0 aromatic heterocycles. The Bertz CT molecular complexity index is 931. The Balaban J connectivity index is 1.39. The number of carbonyl (C=O) groups is 3. The van der Waals surface area contributed by atoms with Crippen LogP contribution in [0.15, 0.2) is 48.5 Å². The van der Waals surface area contributed by atoms with Crippen LogP contribution in [0, 0.1) is 5.92 Å². The molecule has 32 heavy (non-hydrogen) atoms. The fourth-order valence-electron chi connectivity index (χ4n) is 3.84. The second-order valence-electron chi connectivity index (χ2n) is 7.89. The summed E-state index contributed by atoms with van der Waals surface area (Å²) in [5.41, 5.74) is 4.63. The molecule has 8 heteroatoms. The minimum Gasteiger partial charge on any atom is -0.479 e. The molecule has 2 aromatic carbocycles.